The number of nitrogens with zero attached hydrogens (tertiary/aromatic N) is 1. The van der Waals surface area contributed by atoms with Gasteiger partial charge in [-0.15, -0.1) is 0 Å². The summed E-state index contributed by atoms with van der Waals surface area (Å²) in [5.74, 6) is 0. The molecule has 266 valence electrons. The first-order chi connectivity index (χ1) is 27.4. The average molecular weight is 718 g/mol. The van der Waals surface area contributed by atoms with E-state index in [4.69, 9.17) is 4.42 Å². The first-order valence-corrected chi connectivity index (χ1v) is 19.5. The van der Waals surface area contributed by atoms with Crippen LogP contribution in [-0.2, 0) is 5.41 Å². The summed E-state index contributed by atoms with van der Waals surface area (Å²) in [4.78, 5) is 2.40. The lowest BCUT2D eigenvalue weighted by molar-refractivity contribution is 0.591. The predicted octanol–water partition coefficient (Wildman–Crippen LogP) is 15.6. The highest BCUT2D eigenvalue weighted by molar-refractivity contribution is 6.14. The van der Waals surface area contributed by atoms with E-state index in [1.807, 2.05) is 6.07 Å². The van der Waals surface area contributed by atoms with Gasteiger partial charge in [-0.05, 0) is 144 Å². The summed E-state index contributed by atoms with van der Waals surface area (Å²) in [6.07, 6.45) is 0. The Morgan fingerprint density at radius 3 is 1.54 bits per heavy atom. The number of rotatable bonds is 5. The molecule has 9 aromatic carbocycles. The van der Waals surface area contributed by atoms with Crippen LogP contribution in [0, 0.1) is 0 Å². The molecule has 2 heteroatoms. The molecule has 1 aliphatic rings. The maximum absolute atomic E-state index is 6.67. The molecular formula is C54H39NO. The topological polar surface area (TPSA) is 16.4 Å². The summed E-state index contributed by atoms with van der Waals surface area (Å²) in [7, 11) is 0. The van der Waals surface area contributed by atoms with Gasteiger partial charge in [-0.2, -0.15) is 0 Å². The van der Waals surface area contributed by atoms with Gasteiger partial charge < -0.3 is 9.32 Å². The Morgan fingerprint density at radius 2 is 0.893 bits per heavy atom. The summed E-state index contributed by atoms with van der Waals surface area (Å²) in [5.41, 5.74) is 16.5. The Balaban J connectivity index is 1.08. The largest absolute Gasteiger partial charge is 0.454 e. The lowest BCUT2D eigenvalue weighted by Crippen LogP contribution is -2.19. The SMILES string of the molecule is CC(C)(C)c1ccccc1N(c1ccc2cc3c(cc2c1)-c1cc2cc(-c4ccccc4)c(-c4ccccc4)cc2cc1-3)c1cccc2c1oc1ccccc12. The van der Waals surface area contributed by atoms with Gasteiger partial charge in [0.05, 0.1) is 5.69 Å². The van der Waals surface area contributed by atoms with E-state index in [-0.39, 0.29) is 5.41 Å². The van der Waals surface area contributed by atoms with Gasteiger partial charge in [0.1, 0.15) is 5.58 Å². The smallest absolute Gasteiger partial charge is 0.159 e. The van der Waals surface area contributed by atoms with E-state index in [9.17, 15) is 0 Å². The van der Waals surface area contributed by atoms with Gasteiger partial charge in [0.25, 0.3) is 0 Å². The van der Waals surface area contributed by atoms with Crippen LogP contribution in [0.2, 0.25) is 0 Å². The fourth-order valence-corrected chi connectivity index (χ4v) is 8.93. The third-order valence-corrected chi connectivity index (χ3v) is 11.7. The molecule has 10 aromatic rings. The van der Waals surface area contributed by atoms with Gasteiger partial charge in [-0.1, -0.05) is 136 Å². The molecule has 0 aliphatic heterocycles. The van der Waals surface area contributed by atoms with E-state index in [0.717, 1.165) is 39.0 Å². The zero-order valence-electron chi connectivity index (χ0n) is 31.7. The van der Waals surface area contributed by atoms with Gasteiger partial charge in [0, 0.05) is 22.1 Å². The van der Waals surface area contributed by atoms with Crippen LogP contribution in [0.5, 0.6) is 0 Å². The van der Waals surface area contributed by atoms with Crippen molar-refractivity contribution >= 4 is 60.5 Å². The van der Waals surface area contributed by atoms with Crippen LogP contribution >= 0.6 is 0 Å². The number of benzene rings is 9. The van der Waals surface area contributed by atoms with Crippen molar-refractivity contribution in [2.24, 2.45) is 0 Å². The molecule has 1 aromatic heterocycles. The molecule has 0 fully saturated rings. The molecule has 0 amide bonds. The van der Waals surface area contributed by atoms with Crippen LogP contribution in [0.1, 0.15) is 26.3 Å². The van der Waals surface area contributed by atoms with Crippen LogP contribution < -0.4 is 4.90 Å². The van der Waals surface area contributed by atoms with Gasteiger partial charge in [0.2, 0.25) is 0 Å². The average Bonchev–Trinajstić information content (AvgIpc) is 3.62. The number of furan rings is 1. The van der Waals surface area contributed by atoms with Gasteiger partial charge in [-0.3, -0.25) is 0 Å². The Morgan fingerprint density at radius 1 is 0.393 bits per heavy atom. The zero-order valence-corrected chi connectivity index (χ0v) is 31.7. The van der Waals surface area contributed by atoms with Crippen LogP contribution in [-0.4, -0.2) is 0 Å². The highest BCUT2D eigenvalue weighted by atomic mass is 16.3. The van der Waals surface area contributed by atoms with E-state index in [1.165, 1.54) is 71.6 Å². The third-order valence-electron chi connectivity index (χ3n) is 11.7. The Labute approximate surface area is 326 Å². The minimum atomic E-state index is -0.0783. The molecule has 0 saturated carbocycles. The number of anilines is 3. The predicted molar refractivity (Wildman–Crippen MR) is 237 cm³/mol. The maximum atomic E-state index is 6.67. The Hall–Kier alpha value is -6.90. The molecule has 2 nitrogen and oxygen atoms in total. The molecule has 1 heterocycles. The van der Waals surface area contributed by atoms with Crippen molar-refractivity contribution in [1.82, 2.24) is 0 Å². The van der Waals surface area contributed by atoms with E-state index in [2.05, 4.69) is 202 Å². The van der Waals surface area contributed by atoms with Crippen molar-refractivity contribution in [2.45, 2.75) is 26.2 Å². The first-order valence-electron chi connectivity index (χ1n) is 19.5. The van der Waals surface area contributed by atoms with Gasteiger partial charge in [-0.25, -0.2) is 0 Å². The molecule has 1 aliphatic carbocycles. The molecular weight excluding hydrogens is 679 g/mol. The van der Waals surface area contributed by atoms with Crippen LogP contribution in [0.4, 0.5) is 17.1 Å². The summed E-state index contributed by atoms with van der Waals surface area (Å²) in [6.45, 7) is 6.87. The lowest BCUT2D eigenvalue weighted by Gasteiger charge is -2.32. The monoisotopic (exact) mass is 717 g/mol. The molecule has 0 spiro atoms. The second-order valence-corrected chi connectivity index (χ2v) is 16.2. The number of para-hydroxylation sites is 3. The van der Waals surface area contributed by atoms with E-state index >= 15 is 0 Å². The molecule has 0 unspecified atom stereocenters. The van der Waals surface area contributed by atoms with Crippen molar-refractivity contribution in [3.63, 3.8) is 0 Å². The summed E-state index contributed by atoms with van der Waals surface area (Å²) in [5, 5.41) is 7.21. The minimum Gasteiger partial charge on any atom is -0.454 e. The van der Waals surface area contributed by atoms with Gasteiger partial charge >= 0.3 is 0 Å². The quantitative estimate of drug-likeness (QED) is 0.176. The molecule has 0 bridgehead atoms. The summed E-state index contributed by atoms with van der Waals surface area (Å²) in [6, 6.07) is 66.5. The summed E-state index contributed by atoms with van der Waals surface area (Å²) >= 11 is 0. The standard InChI is InChI=1S/C54H39NO/c1-54(2,3)49-21-11-12-22-50(49)55(51-23-14-20-42-41-19-10-13-24-52(41)56-53(42)51)40-26-25-36-28-45-46(31-37(36)27-40)48-33-39-30-44(35-17-8-5-9-18-35)43(29-38(39)32-47(45)48)34-15-6-4-7-16-34/h4-33H,1-3H3. The number of hydrogen-bond donors (Lipinski definition) is 0. The molecule has 56 heavy (non-hydrogen) atoms. The third kappa shape index (κ3) is 5.10. The molecule has 0 atom stereocenters. The van der Waals surface area contributed by atoms with Crippen molar-refractivity contribution in [2.75, 3.05) is 4.90 Å². The van der Waals surface area contributed by atoms with Crippen LogP contribution in [0.15, 0.2) is 186 Å². The normalized spacial score (nSPS) is 12.2. The van der Waals surface area contributed by atoms with Crippen molar-refractivity contribution < 1.29 is 4.42 Å². The first kappa shape index (κ1) is 32.5. The highest BCUT2D eigenvalue weighted by Crippen LogP contribution is 2.52. The van der Waals surface area contributed by atoms with Crippen molar-refractivity contribution in [3.8, 4) is 44.5 Å². The molecule has 0 N–H and O–H groups in total. The molecule has 0 radical (unpaired) electrons. The Bertz CT molecular complexity index is 3170. The fourth-order valence-electron chi connectivity index (χ4n) is 8.93. The number of fused-ring (bicyclic) bond motifs is 9. The van der Waals surface area contributed by atoms with Crippen LogP contribution in [0.3, 0.4) is 0 Å². The Kier molecular flexibility index (Phi) is 7.15. The second kappa shape index (κ2) is 12.3. The molecule has 0 saturated heterocycles. The number of hydrogen-bond acceptors (Lipinski definition) is 2. The zero-order chi connectivity index (χ0) is 37.5. The summed E-state index contributed by atoms with van der Waals surface area (Å²) < 4.78 is 6.67. The highest BCUT2D eigenvalue weighted by Gasteiger charge is 2.28. The van der Waals surface area contributed by atoms with E-state index in [1.54, 1.807) is 0 Å². The second-order valence-electron chi connectivity index (χ2n) is 16.2. The lowest BCUT2D eigenvalue weighted by atomic mass is 9.77. The van der Waals surface area contributed by atoms with E-state index < -0.39 is 0 Å². The van der Waals surface area contributed by atoms with Crippen molar-refractivity contribution in [1.29, 1.82) is 0 Å². The van der Waals surface area contributed by atoms with E-state index in [0.29, 0.717) is 0 Å². The van der Waals surface area contributed by atoms with Gasteiger partial charge in [0.15, 0.2) is 5.58 Å². The maximum Gasteiger partial charge on any atom is 0.159 e. The minimum absolute atomic E-state index is 0.0783. The van der Waals surface area contributed by atoms with Crippen molar-refractivity contribution in [3.05, 3.63) is 188 Å². The van der Waals surface area contributed by atoms with Crippen LogP contribution in [0.25, 0.3) is 88.0 Å². The fraction of sp³-hybridized carbons (Fsp3) is 0.0741. The molecule has 11 rings (SSSR count).